The van der Waals surface area contributed by atoms with Gasteiger partial charge in [-0.3, -0.25) is 4.68 Å². The summed E-state index contributed by atoms with van der Waals surface area (Å²) in [5.74, 6) is 0.923. The summed E-state index contributed by atoms with van der Waals surface area (Å²) in [4.78, 5) is 4.32. The Balaban J connectivity index is 2.07. The van der Waals surface area contributed by atoms with E-state index in [2.05, 4.69) is 35.4 Å². The van der Waals surface area contributed by atoms with E-state index in [-0.39, 0.29) is 0 Å². The van der Waals surface area contributed by atoms with Crippen molar-refractivity contribution >= 4 is 0 Å². The summed E-state index contributed by atoms with van der Waals surface area (Å²) in [7, 11) is 0. The van der Waals surface area contributed by atoms with E-state index in [0.717, 1.165) is 24.4 Å². The molecule has 0 fully saturated rings. The molecule has 2 rings (SSSR count). The molecule has 0 radical (unpaired) electrons. The lowest BCUT2D eigenvalue weighted by atomic mass is 10.1. The molecule has 0 aliphatic heterocycles. The van der Waals surface area contributed by atoms with Gasteiger partial charge in [-0.05, 0) is 20.3 Å². The number of aromatic nitrogens is 4. The first-order chi connectivity index (χ1) is 9.11. The number of rotatable bonds is 6. The Morgan fingerprint density at radius 1 is 1.37 bits per heavy atom. The van der Waals surface area contributed by atoms with Crippen LogP contribution in [-0.2, 0) is 13.0 Å². The third-order valence-electron chi connectivity index (χ3n) is 3.18. The number of imidazole rings is 1. The van der Waals surface area contributed by atoms with Crippen LogP contribution in [0.25, 0.3) is 0 Å². The van der Waals surface area contributed by atoms with Crippen molar-refractivity contribution in [2.75, 3.05) is 0 Å². The van der Waals surface area contributed by atoms with Crippen LogP contribution in [0.1, 0.15) is 50.7 Å². The minimum absolute atomic E-state index is 0.308. The molecule has 1 unspecified atom stereocenters. The van der Waals surface area contributed by atoms with Crippen molar-refractivity contribution in [3.05, 3.63) is 36.2 Å². The summed E-state index contributed by atoms with van der Waals surface area (Å²) in [6.07, 6.45) is 8.42. The Bertz CT molecular complexity index is 515. The lowest BCUT2D eigenvalue weighted by Gasteiger charge is -2.10. The molecule has 104 valence electrons. The summed E-state index contributed by atoms with van der Waals surface area (Å²) < 4.78 is 3.95. The monoisotopic (exact) mass is 262 g/mol. The van der Waals surface area contributed by atoms with E-state index < -0.39 is 6.10 Å². The third kappa shape index (κ3) is 3.23. The molecule has 1 atom stereocenters. The fraction of sp³-hybridized carbons (Fsp3) is 0.571. The summed E-state index contributed by atoms with van der Waals surface area (Å²) in [5, 5.41) is 14.5. The lowest BCUT2D eigenvalue weighted by Crippen LogP contribution is -2.08. The fourth-order valence-corrected chi connectivity index (χ4v) is 2.07. The zero-order valence-electron chi connectivity index (χ0n) is 11.8. The van der Waals surface area contributed by atoms with E-state index in [4.69, 9.17) is 0 Å². The van der Waals surface area contributed by atoms with Gasteiger partial charge in [0.1, 0.15) is 5.82 Å². The summed E-state index contributed by atoms with van der Waals surface area (Å²) >= 11 is 0. The van der Waals surface area contributed by atoms with Crippen LogP contribution in [0.5, 0.6) is 0 Å². The Labute approximate surface area is 113 Å². The highest BCUT2D eigenvalue weighted by Crippen LogP contribution is 2.18. The van der Waals surface area contributed by atoms with Crippen LogP contribution in [0.15, 0.2) is 24.8 Å². The predicted octanol–water partition coefficient (Wildman–Crippen LogP) is 2.35. The molecule has 2 aromatic heterocycles. The number of hydrogen-bond acceptors (Lipinski definition) is 3. The first kappa shape index (κ1) is 13.8. The Hall–Kier alpha value is -1.62. The smallest absolute Gasteiger partial charge is 0.111 e. The third-order valence-corrected chi connectivity index (χ3v) is 3.18. The van der Waals surface area contributed by atoms with Gasteiger partial charge < -0.3 is 9.67 Å². The van der Waals surface area contributed by atoms with Crippen molar-refractivity contribution in [1.82, 2.24) is 19.3 Å². The molecule has 0 aliphatic carbocycles. The fourth-order valence-electron chi connectivity index (χ4n) is 2.07. The average Bonchev–Trinajstić information content (AvgIpc) is 2.99. The van der Waals surface area contributed by atoms with E-state index in [1.165, 1.54) is 0 Å². The molecule has 1 N–H and O–H groups in total. The molecule has 2 aromatic rings. The molecule has 19 heavy (non-hydrogen) atoms. The average molecular weight is 262 g/mol. The van der Waals surface area contributed by atoms with Crippen LogP contribution in [0.2, 0.25) is 0 Å². The van der Waals surface area contributed by atoms with Gasteiger partial charge in [-0.15, -0.1) is 0 Å². The Morgan fingerprint density at radius 2 is 2.16 bits per heavy atom. The zero-order chi connectivity index (χ0) is 13.8. The lowest BCUT2D eigenvalue weighted by molar-refractivity contribution is 0.174. The molecule has 0 spiro atoms. The van der Waals surface area contributed by atoms with E-state index >= 15 is 0 Å². The first-order valence-corrected chi connectivity index (χ1v) is 6.84. The minimum atomic E-state index is -0.550. The molecular weight excluding hydrogens is 240 g/mol. The van der Waals surface area contributed by atoms with Crippen LogP contribution < -0.4 is 0 Å². The zero-order valence-corrected chi connectivity index (χ0v) is 11.8. The van der Waals surface area contributed by atoms with Crippen molar-refractivity contribution in [2.24, 2.45) is 0 Å². The standard InChI is InChI=1S/C14H22N4O/c1-4-6-17-7-5-15-14(17)8-13(19)12-9-16-18(10-12)11(2)3/h5,7,9-11,13,19H,4,6,8H2,1-3H3. The molecule has 0 amide bonds. The molecule has 5 heteroatoms. The topological polar surface area (TPSA) is 55.9 Å². The number of aliphatic hydroxyl groups excluding tert-OH is 1. The quantitative estimate of drug-likeness (QED) is 0.869. The van der Waals surface area contributed by atoms with Gasteiger partial charge in [0.15, 0.2) is 0 Å². The van der Waals surface area contributed by atoms with Crippen LogP contribution >= 0.6 is 0 Å². The molecule has 0 aliphatic rings. The maximum Gasteiger partial charge on any atom is 0.111 e. The summed E-state index contributed by atoms with van der Waals surface area (Å²) in [5.41, 5.74) is 0.847. The van der Waals surface area contributed by atoms with Gasteiger partial charge >= 0.3 is 0 Å². The van der Waals surface area contributed by atoms with Crippen LogP contribution in [-0.4, -0.2) is 24.4 Å². The maximum atomic E-state index is 10.3. The summed E-state index contributed by atoms with van der Waals surface area (Å²) in [6.45, 7) is 7.20. The van der Waals surface area contributed by atoms with E-state index in [1.54, 1.807) is 12.4 Å². The predicted molar refractivity (Wildman–Crippen MR) is 73.8 cm³/mol. The molecular formula is C14H22N4O. The van der Waals surface area contributed by atoms with E-state index in [1.807, 2.05) is 17.1 Å². The summed E-state index contributed by atoms with van der Waals surface area (Å²) in [6, 6.07) is 0.308. The molecule has 2 heterocycles. The van der Waals surface area contributed by atoms with E-state index in [9.17, 15) is 5.11 Å². The van der Waals surface area contributed by atoms with Gasteiger partial charge in [0.05, 0.1) is 12.3 Å². The van der Waals surface area contributed by atoms with Crippen LogP contribution in [0.4, 0.5) is 0 Å². The number of nitrogens with zero attached hydrogens (tertiary/aromatic N) is 4. The highest BCUT2D eigenvalue weighted by molar-refractivity contribution is 5.11. The second-order valence-corrected chi connectivity index (χ2v) is 5.10. The van der Waals surface area contributed by atoms with Crippen molar-refractivity contribution in [3.8, 4) is 0 Å². The first-order valence-electron chi connectivity index (χ1n) is 6.84. The molecule has 0 bridgehead atoms. The van der Waals surface area contributed by atoms with Gasteiger partial charge in [0, 0.05) is 43.2 Å². The minimum Gasteiger partial charge on any atom is -0.388 e. The Morgan fingerprint density at radius 3 is 2.79 bits per heavy atom. The van der Waals surface area contributed by atoms with E-state index in [0.29, 0.717) is 12.5 Å². The number of hydrogen-bond donors (Lipinski definition) is 1. The van der Waals surface area contributed by atoms with Gasteiger partial charge in [-0.25, -0.2) is 4.98 Å². The van der Waals surface area contributed by atoms with Gasteiger partial charge in [0.2, 0.25) is 0 Å². The normalized spacial score (nSPS) is 13.1. The van der Waals surface area contributed by atoms with Crippen molar-refractivity contribution in [1.29, 1.82) is 0 Å². The second-order valence-electron chi connectivity index (χ2n) is 5.10. The highest BCUT2D eigenvalue weighted by Gasteiger charge is 2.14. The molecule has 0 saturated heterocycles. The maximum absolute atomic E-state index is 10.3. The van der Waals surface area contributed by atoms with Crippen molar-refractivity contribution < 1.29 is 5.11 Å². The van der Waals surface area contributed by atoms with Crippen LogP contribution in [0.3, 0.4) is 0 Å². The van der Waals surface area contributed by atoms with Gasteiger partial charge in [0.25, 0.3) is 0 Å². The van der Waals surface area contributed by atoms with Crippen molar-refractivity contribution in [2.45, 2.75) is 52.3 Å². The van der Waals surface area contributed by atoms with Gasteiger partial charge in [-0.1, -0.05) is 6.92 Å². The van der Waals surface area contributed by atoms with Crippen molar-refractivity contribution in [3.63, 3.8) is 0 Å². The second kappa shape index (κ2) is 6.02. The molecule has 0 aromatic carbocycles. The Kier molecular flexibility index (Phi) is 4.37. The van der Waals surface area contributed by atoms with Crippen LogP contribution in [0, 0.1) is 0 Å². The highest BCUT2D eigenvalue weighted by atomic mass is 16.3. The largest absolute Gasteiger partial charge is 0.388 e. The molecule has 5 nitrogen and oxygen atoms in total. The number of aryl methyl sites for hydroxylation is 1. The number of aliphatic hydroxyl groups is 1. The molecule has 0 saturated carbocycles. The van der Waals surface area contributed by atoms with Gasteiger partial charge in [-0.2, -0.15) is 5.10 Å². The SMILES string of the molecule is CCCn1ccnc1CC(O)c1cnn(C(C)C)c1.